The first-order valence-electron chi connectivity index (χ1n) is 6.57. The third kappa shape index (κ3) is 2.84. The predicted octanol–water partition coefficient (Wildman–Crippen LogP) is 5.14. The van der Waals surface area contributed by atoms with E-state index in [1.807, 2.05) is 18.2 Å². The first-order valence-corrected chi connectivity index (χ1v) is 7.33. The van der Waals surface area contributed by atoms with Crippen LogP contribution in [-0.2, 0) is 5.54 Å². The second kappa shape index (κ2) is 5.03. The molecule has 0 bridgehead atoms. The van der Waals surface area contributed by atoms with Gasteiger partial charge in [-0.1, -0.05) is 55.6 Å². The molecule has 0 amide bonds. The van der Waals surface area contributed by atoms with Gasteiger partial charge in [0.1, 0.15) is 0 Å². The average Bonchev–Trinajstić information content (AvgIpc) is 2.43. The Morgan fingerprint density at radius 1 is 1.06 bits per heavy atom. The molecule has 3 heteroatoms. The highest BCUT2D eigenvalue weighted by Gasteiger charge is 2.35. The standard InChI is InChI=1S/C15H21Cl2N/c1-14(2)7-4-8-15(18,10-9-14)11-5-3-6-12(16)13(11)17/h3,5-6H,4,7-10,18H2,1-2H3. The molecule has 0 heterocycles. The van der Waals surface area contributed by atoms with Gasteiger partial charge >= 0.3 is 0 Å². The summed E-state index contributed by atoms with van der Waals surface area (Å²) in [5.74, 6) is 0. The molecule has 1 unspecified atom stereocenters. The molecule has 100 valence electrons. The molecule has 2 N–H and O–H groups in total. The van der Waals surface area contributed by atoms with Crippen molar-refractivity contribution < 1.29 is 0 Å². The lowest BCUT2D eigenvalue weighted by atomic mass is 9.81. The first-order chi connectivity index (χ1) is 8.34. The quantitative estimate of drug-likeness (QED) is 0.711. The van der Waals surface area contributed by atoms with Crippen LogP contribution in [0.15, 0.2) is 18.2 Å². The van der Waals surface area contributed by atoms with Gasteiger partial charge in [-0.3, -0.25) is 0 Å². The second-order valence-corrected chi connectivity index (χ2v) is 7.06. The van der Waals surface area contributed by atoms with Crippen molar-refractivity contribution in [2.75, 3.05) is 0 Å². The highest BCUT2D eigenvalue weighted by atomic mass is 35.5. The summed E-state index contributed by atoms with van der Waals surface area (Å²) < 4.78 is 0. The molecule has 1 aliphatic carbocycles. The molecule has 0 radical (unpaired) electrons. The minimum absolute atomic E-state index is 0.324. The number of rotatable bonds is 1. The summed E-state index contributed by atoms with van der Waals surface area (Å²) >= 11 is 12.4. The van der Waals surface area contributed by atoms with E-state index in [-0.39, 0.29) is 5.54 Å². The highest BCUT2D eigenvalue weighted by molar-refractivity contribution is 6.42. The Hall–Kier alpha value is -0.240. The smallest absolute Gasteiger partial charge is 0.0642 e. The normalized spacial score (nSPS) is 27.8. The molecular weight excluding hydrogens is 265 g/mol. The Morgan fingerprint density at radius 2 is 1.78 bits per heavy atom. The number of halogens is 2. The Morgan fingerprint density at radius 3 is 2.50 bits per heavy atom. The van der Waals surface area contributed by atoms with Crippen molar-refractivity contribution in [3.63, 3.8) is 0 Å². The monoisotopic (exact) mass is 285 g/mol. The molecule has 1 aromatic carbocycles. The molecule has 1 fully saturated rings. The van der Waals surface area contributed by atoms with Crippen LogP contribution in [0.5, 0.6) is 0 Å². The van der Waals surface area contributed by atoms with E-state index in [4.69, 9.17) is 28.9 Å². The van der Waals surface area contributed by atoms with Gasteiger partial charge in [0.15, 0.2) is 0 Å². The van der Waals surface area contributed by atoms with Gasteiger partial charge in [-0.2, -0.15) is 0 Å². The minimum Gasteiger partial charge on any atom is -0.321 e. The van der Waals surface area contributed by atoms with Crippen LogP contribution in [0.2, 0.25) is 10.0 Å². The van der Waals surface area contributed by atoms with Gasteiger partial charge < -0.3 is 5.73 Å². The van der Waals surface area contributed by atoms with Gasteiger partial charge in [-0.05, 0) is 42.7 Å². The number of hydrogen-bond donors (Lipinski definition) is 1. The van der Waals surface area contributed by atoms with E-state index in [0.717, 1.165) is 31.2 Å². The van der Waals surface area contributed by atoms with Gasteiger partial charge in [-0.15, -0.1) is 0 Å². The predicted molar refractivity (Wildman–Crippen MR) is 79.2 cm³/mol. The molecule has 1 aromatic rings. The van der Waals surface area contributed by atoms with Crippen LogP contribution in [0.1, 0.15) is 51.5 Å². The molecule has 2 rings (SSSR count). The molecule has 0 saturated heterocycles. The largest absolute Gasteiger partial charge is 0.321 e. The van der Waals surface area contributed by atoms with Crippen LogP contribution in [0.3, 0.4) is 0 Å². The summed E-state index contributed by atoms with van der Waals surface area (Å²) in [6.07, 6.45) is 5.46. The summed E-state index contributed by atoms with van der Waals surface area (Å²) in [6.45, 7) is 4.64. The van der Waals surface area contributed by atoms with E-state index in [1.165, 1.54) is 6.42 Å². The van der Waals surface area contributed by atoms with Crippen molar-refractivity contribution >= 4 is 23.2 Å². The van der Waals surface area contributed by atoms with Crippen molar-refractivity contribution in [3.8, 4) is 0 Å². The molecule has 1 aliphatic rings. The number of hydrogen-bond acceptors (Lipinski definition) is 1. The maximum atomic E-state index is 6.63. The van der Waals surface area contributed by atoms with Crippen molar-refractivity contribution in [1.82, 2.24) is 0 Å². The molecule has 1 nitrogen and oxygen atoms in total. The zero-order valence-corrected chi connectivity index (χ0v) is 12.6. The fraction of sp³-hybridized carbons (Fsp3) is 0.600. The third-order valence-corrected chi connectivity index (χ3v) is 5.03. The van der Waals surface area contributed by atoms with Crippen LogP contribution in [-0.4, -0.2) is 0 Å². The molecule has 18 heavy (non-hydrogen) atoms. The van der Waals surface area contributed by atoms with Crippen LogP contribution in [0, 0.1) is 5.41 Å². The van der Waals surface area contributed by atoms with Crippen molar-refractivity contribution in [2.45, 2.75) is 51.5 Å². The second-order valence-electron chi connectivity index (χ2n) is 6.28. The van der Waals surface area contributed by atoms with Crippen LogP contribution >= 0.6 is 23.2 Å². The summed E-state index contributed by atoms with van der Waals surface area (Å²) in [5, 5.41) is 1.23. The Balaban J connectivity index is 2.33. The topological polar surface area (TPSA) is 26.0 Å². The van der Waals surface area contributed by atoms with Gasteiger partial charge in [0, 0.05) is 5.54 Å². The van der Waals surface area contributed by atoms with E-state index < -0.39 is 0 Å². The maximum Gasteiger partial charge on any atom is 0.0642 e. The van der Waals surface area contributed by atoms with Gasteiger partial charge in [0.05, 0.1) is 10.0 Å². The van der Waals surface area contributed by atoms with E-state index in [1.54, 1.807) is 0 Å². The van der Waals surface area contributed by atoms with Gasteiger partial charge in [0.2, 0.25) is 0 Å². The highest BCUT2D eigenvalue weighted by Crippen LogP contribution is 2.44. The van der Waals surface area contributed by atoms with Crippen molar-refractivity contribution in [1.29, 1.82) is 0 Å². The Bertz CT molecular complexity index is 442. The average molecular weight is 286 g/mol. The molecule has 1 atom stereocenters. The Kier molecular flexibility index (Phi) is 3.96. The maximum absolute atomic E-state index is 6.63. The lowest BCUT2D eigenvalue weighted by Gasteiger charge is -2.31. The SMILES string of the molecule is CC1(C)CCCC(N)(c2cccc(Cl)c2Cl)CC1. The number of nitrogens with two attached hydrogens (primary N) is 1. The van der Waals surface area contributed by atoms with E-state index in [2.05, 4.69) is 13.8 Å². The lowest BCUT2D eigenvalue weighted by Crippen LogP contribution is -2.36. The van der Waals surface area contributed by atoms with Crippen molar-refractivity contribution in [3.05, 3.63) is 33.8 Å². The van der Waals surface area contributed by atoms with E-state index in [0.29, 0.717) is 15.5 Å². The van der Waals surface area contributed by atoms with Crippen LogP contribution < -0.4 is 5.73 Å². The molecule has 1 saturated carbocycles. The van der Waals surface area contributed by atoms with E-state index in [9.17, 15) is 0 Å². The fourth-order valence-corrected chi connectivity index (χ4v) is 3.34. The summed E-state index contributed by atoms with van der Waals surface area (Å²) in [7, 11) is 0. The Labute approximate surface area is 120 Å². The molecule has 0 spiro atoms. The summed E-state index contributed by atoms with van der Waals surface area (Å²) in [5.41, 5.74) is 7.69. The van der Waals surface area contributed by atoms with Gasteiger partial charge in [-0.25, -0.2) is 0 Å². The molecule has 0 aliphatic heterocycles. The molecule has 0 aromatic heterocycles. The summed E-state index contributed by atoms with van der Waals surface area (Å²) in [6, 6.07) is 5.78. The molecular formula is C15H21Cl2N. The van der Waals surface area contributed by atoms with Crippen molar-refractivity contribution in [2.24, 2.45) is 11.1 Å². The third-order valence-electron chi connectivity index (χ3n) is 4.21. The lowest BCUT2D eigenvalue weighted by molar-refractivity contribution is 0.299. The minimum atomic E-state index is -0.324. The number of benzene rings is 1. The zero-order valence-electron chi connectivity index (χ0n) is 11.1. The van der Waals surface area contributed by atoms with Crippen LogP contribution in [0.25, 0.3) is 0 Å². The van der Waals surface area contributed by atoms with Crippen LogP contribution in [0.4, 0.5) is 0 Å². The van der Waals surface area contributed by atoms with Gasteiger partial charge in [0.25, 0.3) is 0 Å². The fourth-order valence-electron chi connectivity index (χ4n) is 2.85. The van der Waals surface area contributed by atoms with E-state index >= 15 is 0 Å². The first kappa shape index (κ1) is 14.2. The zero-order chi connectivity index (χ0) is 13.4. The summed E-state index contributed by atoms with van der Waals surface area (Å²) in [4.78, 5) is 0.